The van der Waals surface area contributed by atoms with E-state index in [0.29, 0.717) is 10.0 Å². The van der Waals surface area contributed by atoms with Gasteiger partial charge in [-0.1, -0.05) is 23.5 Å². The number of hydrogen-bond acceptors (Lipinski definition) is 5. The van der Waals surface area contributed by atoms with Crippen molar-refractivity contribution in [3.8, 4) is 0 Å². The zero-order chi connectivity index (χ0) is 17.3. The van der Waals surface area contributed by atoms with Gasteiger partial charge in [-0.3, -0.25) is 9.59 Å². The van der Waals surface area contributed by atoms with Crippen LogP contribution in [-0.4, -0.2) is 35.3 Å². The molecule has 2 aromatic heterocycles. The van der Waals surface area contributed by atoms with E-state index in [1.165, 1.54) is 33.1 Å². The second-order valence-corrected chi connectivity index (χ2v) is 7.61. The standard InChI is InChI=1S/C17H17N3O2S2/c1-10-7-11(2)15-13(8-10)24-17(19-15)18-14(21)9-20(3)16(22)12-5-4-6-23-12/h4-8H,9H2,1-3H3,(H,18,19,21). The molecule has 1 aromatic carbocycles. The Morgan fingerprint density at radius 2 is 2.08 bits per heavy atom. The average Bonchev–Trinajstić information content (AvgIpc) is 3.15. The van der Waals surface area contributed by atoms with Gasteiger partial charge in [0, 0.05) is 7.05 Å². The number of thiazole rings is 1. The molecule has 2 heterocycles. The first-order chi connectivity index (χ1) is 11.4. The fourth-order valence-corrected chi connectivity index (χ4v) is 4.23. The molecule has 3 rings (SSSR count). The van der Waals surface area contributed by atoms with Gasteiger partial charge in [0.15, 0.2) is 5.13 Å². The number of fused-ring (bicyclic) bond motifs is 1. The Morgan fingerprint density at radius 3 is 2.79 bits per heavy atom. The molecule has 0 bridgehead atoms. The van der Waals surface area contributed by atoms with Crippen LogP contribution in [0.2, 0.25) is 0 Å². The second-order valence-electron chi connectivity index (χ2n) is 5.63. The molecule has 0 saturated carbocycles. The van der Waals surface area contributed by atoms with Crippen molar-refractivity contribution in [1.29, 1.82) is 0 Å². The maximum atomic E-state index is 12.2. The molecule has 3 aromatic rings. The number of amides is 2. The maximum absolute atomic E-state index is 12.2. The van der Waals surface area contributed by atoms with E-state index in [4.69, 9.17) is 0 Å². The van der Waals surface area contributed by atoms with E-state index in [1.54, 1.807) is 13.1 Å². The van der Waals surface area contributed by atoms with E-state index in [0.717, 1.165) is 15.8 Å². The van der Waals surface area contributed by atoms with Crippen LogP contribution in [0.15, 0.2) is 29.6 Å². The summed E-state index contributed by atoms with van der Waals surface area (Å²) in [5.41, 5.74) is 3.17. The molecule has 0 unspecified atom stereocenters. The van der Waals surface area contributed by atoms with Gasteiger partial charge in [-0.2, -0.15) is 0 Å². The summed E-state index contributed by atoms with van der Waals surface area (Å²) in [6.07, 6.45) is 0. The summed E-state index contributed by atoms with van der Waals surface area (Å²) in [5, 5.41) is 5.18. The Morgan fingerprint density at radius 1 is 1.29 bits per heavy atom. The third-order valence-corrected chi connectivity index (χ3v) is 5.31. The predicted octanol–water partition coefficient (Wildman–Crippen LogP) is 3.69. The Kier molecular flexibility index (Phi) is 4.64. The minimum Gasteiger partial charge on any atom is -0.332 e. The minimum atomic E-state index is -0.254. The second kappa shape index (κ2) is 6.70. The first-order valence-electron chi connectivity index (χ1n) is 7.40. The number of anilines is 1. The van der Waals surface area contributed by atoms with Gasteiger partial charge >= 0.3 is 0 Å². The molecule has 7 heteroatoms. The van der Waals surface area contributed by atoms with Gasteiger partial charge in [-0.05, 0) is 42.5 Å². The Bertz CT molecular complexity index is 900. The molecule has 0 saturated heterocycles. The molecule has 0 atom stereocenters. The molecule has 5 nitrogen and oxygen atoms in total. The normalized spacial score (nSPS) is 10.8. The highest BCUT2D eigenvalue weighted by Crippen LogP contribution is 2.29. The number of rotatable bonds is 4. The fourth-order valence-electron chi connectivity index (χ4n) is 2.46. The fraction of sp³-hybridized carbons (Fsp3) is 0.235. The van der Waals surface area contributed by atoms with Crippen LogP contribution in [0.4, 0.5) is 5.13 Å². The number of hydrogen-bond donors (Lipinski definition) is 1. The van der Waals surface area contributed by atoms with E-state index >= 15 is 0 Å². The number of carbonyl (C=O) groups excluding carboxylic acids is 2. The molecule has 124 valence electrons. The zero-order valence-corrected chi connectivity index (χ0v) is 15.3. The van der Waals surface area contributed by atoms with E-state index in [9.17, 15) is 9.59 Å². The molecule has 0 aliphatic carbocycles. The summed E-state index contributed by atoms with van der Waals surface area (Å²) in [5.74, 6) is -0.410. The van der Waals surface area contributed by atoms with Crippen LogP contribution in [0.1, 0.15) is 20.8 Å². The SMILES string of the molecule is Cc1cc(C)c2nc(NC(=O)CN(C)C(=O)c3cccs3)sc2c1. The topological polar surface area (TPSA) is 62.3 Å². The maximum Gasteiger partial charge on any atom is 0.264 e. The summed E-state index contributed by atoms with van der Waals surface area (Å²) in [6.45, 7) is 4.04. The van der Waals surface area contributed by atoms with Crippen molar-refractivity contribution in [2.45, 2.75) is 13.8 Å². The zero-order valence-electron chi connectivity index (χ0n) is 13.6. The van der Waals surface area contributed by atoms with Crippen LogP contribution in [0.25, 0.3) is 10.2 Å². The van der Waals surface area contributed by atoms with Crippen LogP contribution in [0, 0.1) is 13.8 Å². The molecule has 0 radical (unpaired) electrons. The highest BCUT2D eigenvalue weighted by atomic mass is 32.1. The van der Waals surface area contributed by atoms with Crippen molar-refractivity contribution >= 4 is 49.8 Å². The monoisotopic (exact) mass is 359 g/mol. The van der Waals surface area contributed by atoms with Crippen molar-refractivity contribution in [3.05, 3.63) is 45.6 Å². The van der Waals surface area contributed by atoms with Gasteiger partial charge < -0.3 is 10.2 Å². The number of nitrogens with zero attached hydrogens (tertiary/aromatic N) is 2. The molecule has 1 N–H and O–H groups in total. The van der Waals surface area contributed by atoms with Crippen molar-refractivity contribution in [2.24, 2.45) is 0 Å². The smallest absolute Gasteiger partial charge is 0.264 e. The highest BCUT2D eigenvalue weighted by Gasteiger charge is 2.17. The summed E-state index contributed by atoms with van der Waals surface area (Å²) in [7, 11) is 1.62. The molecular weight excluding hydrogens is 342 g/mol. The van der Waals surface area contributed by atoms with Gasteiger partial charge in [0.25, 0.3) is 5.91 Å². The molecule has 0 spiro atoms. The van der Waals surface area contributed by atoms with Gasteiger partial charge in [0.05, 0.1) is 21.6 Å². The summed E-state index contributed by atoms with van der Waals surface area (Å²) in [4.78, 5) is 30.9. The van der Waals surface area contributed by atoms with Crippen LogP contribution in [0.5, 0.6) is 0 Å². The number of aryl methyl sites for hydroxylation is 2. The van der Waals surface area contributed by atoms with Crippen molar-refractivity contribution < 1.29 is 9.59 Å². The minimum absolute atomic E-state index is 0.00926. The number of nitrogens with one attached hydrogen (secondary N) is 1. The first kappa shape index (κ1) is 16.6. The molecular formula is C17H17N3O2S2. The number of carbonyl (C=O) groups is 2. The molecule has 0 aliphatic heterocycles. The number of likely N-dealkylation sites (N-methyl/N-ethyl adjacent to an activating group) is 1. The lowest BCUT2D eigenvalue weighted by Crippen LogP contribution is -2.34. The first-order valence-corrected chi connectivity index (χ1v) is 9.10. The number of thiophene rings is 1. The van der Waals surface area contributed by atoms with E-state index in [-0.39, 0.29) is 18.4 Å². The van der Waals surface area contributed by atoms with Crippen LogP contribution in [0.3, 0.4) is 0 Å². The molecule has 24 heavy (non-hydrogen) atoms. The Labute approximate surface area is 147 Å². The van der Waals surface area contributed by atoms with Crippen LogP contribution < -0.4 is 5.32 Å². The van der Waals surface area contributed by atoms with Crippen molar-refractivity contribution in [1.82, 2.24) is 9.88 Å². The highest BCUT2D eigenvalue weighted by molar-refractivity contribution is 7.22. The molecule has 0 fully saturated rings. The third-order valence-electron chi connectivity index (χ3n) is 3.54. The average molecular weight is 359 g/mol. The van der Waals surface area contributed by atoms with Crippen molar-refractivity contribution in [2.75, 3.05) is 18.9 Å². The summed E-state index contributed by atoms with van der Waals surface area (Å²) >= 11 is 2.81. The Hall–Kier alpha value is -2.25. The van der Waals surface area contributed by atoms with Gasteiger partial charge in [0.1, 0.15) is 0 Å². The lowest BCUT2D eigenvalue weighted by atomic mass is 10.1. The molecule has 0 aliphatic rings. The number of benzene rings is 1. The quantitative estimate of drug-likeness (QED) is 0.773. The van der Waals surface area contributed by atoms with Gasteiger partial charge in [-0.25, -0.2) is 4.98 Å². The summed E-state index contributed by atoms with van der Waals surface area (Å²) in [6, 6.07) is 7.69. The van der Waals surface area contributed by atoms with Crippen molar-refractivity contribution in [3.63, 3.8) is 0 Å². The number of aromatic nitrogens is 1. The van der Waals surface area contributed by atoms with E-state index in [2.05, 4.69) is 22.4 Å². The van der Waals surface area contributed by atoms with E-state index < -0.39 is 0 Å². The predicted molar refractivity (Wildman–Crippen MR) is 99.0 cm³/mol. The summed E-state index contributed by atoms with van der Waals surface area (Å²) < 4.78 is 1.05. The van der Waals surface area contributed by atoms with Gasteiger partial charge in [-0.15, -0.1) is 11.3 Å². The Balaban J connectivity index is 1.69. The molecule has 2 amide bonds. The third kappa shape index (κ3) is 3.47. The lowest BCUT2D eigenvalue weighted by Gasteiger charge is -2.15. The largest absolute Gasteiger partial charge is 0.332 e. The lowest BCUT2D eigenvalue weighted by molar-refractivity contribution is -0.116. The van der Waals surface area contributed by atoms with Crippen LogP contribution >= 0.6 is 22.7 Å². The van der Waals surface area contributed by atoms with E-state index in [1.807, 2.05) is 25.3 Å². The van der Waals surface area contributed by atoms with Crippen LogP contribution in [-0.2, 0) is 4.79 Å². The van der Waals surface area contributed by atoms with Gasteiger partial charge in [0.2, 0.25) is 5.91 Å².